The molecule has 86 valence electrons. The number of rotatable bonds is 3. The molecule has 5 nitrogen and oxygen atoms in total. The number of amides is 1. The van der Waals surface area contributed by atoms with E-state index < -0.39 is 0 Å². The summed E-state index contributed by atoms with van der Waals surface area (Å²) in [6.07, 6.45) is 6.15. The van der Waals surface area contributed by atoms with Gasteiger partial charge in [-0.25, -0.2) is 4.98 Å². The Morgan fingerprint density at radius 3 is 3.31 bits per heavy atom. The summed E-state index contributed by atoms with van der Waals surface area (Å²) in [5, 5.41) is 3.39. The summed E-state index contributed by atoms with van der Waals surface area (Å²) in [6, 6.07) is 0.812. The Labute approximate surface area is 94.2 Å². The van der Waals surface area contributed by atoms with E-state index in [1.807, 2.05) is 11.1 Å². The molecule has 0 unspecified atom stereocenters. The van der Waals surface area contributed by atoms with Crippen LogP contribution in [-0.4, -0.2) is 45.9 Å². The van der Waals surface area contributed by atoms with Crippen molar-refractivity contribution in [3.05, 3.63) is 18.2 Å². The minimum absolute atomic E-state index is 0.286. The summed E-state index contributed by atoms with van der Waals surface area (Å²) in [4.78, 5) is 21.1. The molecule has 3 rings (SSSR count). The zero-order valence-electron chi connectivity index (χ0n) is 9.15. The standard InChI is InChI=1S/C11H16N4O/c16-11-7-8-9(1-3-12-8)15(11)6-2-10-13-4-5-14-10/h4-5,8-9,12H,1-3,6-7H2,(H,13,14)/t8-,9-/m1/s1. The number of fused-ring (bicyclic) bond motifs is 1. The molecule has 16 heavy (non-hydrogen) atoms. The third kappa shape index (κ3) is 1.61. The number of aromatic amines is 1. The number of imidazole rings is 1. The molecule has 2 aliphatic rings. The third-order valence-corrected chi connectivity index (χ3v) is 3.57. The summed E-state index contributed by atoms with van der Waals surface area (Å²) in [5.74, 6) is 1.25. The molecule has 2 fully saturated rings. The van der Waals surface area contributed by atoms with Gasteiger partial charge in [-0.3, -0.25) is 4.79 Å². The number of carbonyl (C=O) groups excluding carboxylic acids is 1. The fraction of sp³-hybridized carbons (Fsp3) is 0.636. The lowest BCUT2D eigenvalue weighted by atomic mass is 10.1. The van der Waals surface area contributed by atoms with Gasteiger partial charge in [-0.05, 0) is 13.0 Å². The summed E-state index contributed by atoms with van der Waals surface area (Å²) in [5.41, 5.74) is 0. The van der Waals surface area contributed by atoms with Gasteiger partial charge < -0.3 is 15.2 Å². The van der Waals surface area contributed by atoms with E-state index in [-0.39, 0.29) is 5.91 Å². The lowest BCUT2D eigenvalue weighted by molar-refractivity contribution is -0.129. The second-order valence-corrected chi connectivity index (χ2v) is 4.49. The average molecular weight is 220 g/mol. The number of likely N-dealkylation sites (tertiary alicyclic amines) is 1. The first-order valence-electron chi connectivity index (χ1n) is 5.86. The van der Waals surface area contributed by atoms with Crippen molar-refractivity contribution in [3.63, 3.8) is 0 Å². The third-order valence-electron chi connectivity index (χ3n) is 3.57. The first kappa shape index (κ1) is 9.84. The number of H-pyrrole nitrogens is 1. The van der Waals surface area contributed by atoms with Crippen LogP contribution in [0.1, 0.15) is 18.7 Å². The van der Waals surface area contributed by atoms with Crippen molar-refractivity contribution in [1.29, 1.82) is 0 Å². The monoisotopic (exact) mass is 220 g/mol. The van der Waals surface area contributed by atoms with Crippen molar-refractivity contribution in [2.24, 2.45) is 0 Å². The zero-order chi connectivity index (χ0) is 11.0. The molecule has 2 N–H and O–H groups in total. The van der Waals surface area contributed by atoms with E-state index in [1.54, 1.807) is 6.20 Å². The topological polar surface area (TPSA) is 61.0 Å². The van der Waals surface area contributed by atoms with Crippen molar-refractivity contribution in [3.8, 4) is 0 Å². The Hall–Kier alpha value is -1.36. The molecule has 3 heterocycles. The molecule has 0 bridgehead atoms. The normalized spacial score (nSPS) is 28.8. The van der Waals surface area contributed by atoms with Gasteiger partial charge in [0.2, 0.25) is 5.91 Å². The fourth-order valence-corrected chi connectivity index (χ4v) is 2.78. The van der Waals surface area contributed by atoms with Crippen LogP contribution in [0.4, 0.5) is 0 Å². The molecule has 1 aromatic rings. The second-order valence-electron chi connectivity index (χ2n) is 4.49. The van der Waals surface area contributed by atoms with E-state index in [9.17, 15) is 4.79 Å². The molecule has 0 saturated carbocycles. The second kappa shape index (κ2) is 3.90. The van der Waals surface area contributed by atoms with Gasteiger partial charge in [-0.15, -0.1) is 0 Å². The zero-order valence-corrected chi connectivity index (χ0v) is 9.15. The maximum absolute atomic E-state index is 11.8. The van der Waals surface area contributed by atoms with Crippen LogP contribution >= 0.6 is 0 Å². The minimum Gasteiger partial charge on any atom is -0.349 e. The molecular formula is C11H16N4O. The van der Waals surface area contributed by atoms with Crippen LogP contribution in [0.3, 0.4) is 0 Å². The molecule has 0 radical (unpaired) electrons. The van der Waals surface area contributed by atoms with Gasteiger partial charge in [-0.2, -0.15) is 0 Å². The van der Waals surface area contributed by atoms with Gasteiger partial charge >= 0.3 is 0 Å². The van der Waals surface area contributed by atoms with Crippen LogP contribution in [0.25, 0.3) is 0 Å². The van der Waals surface area contributed by atoms with Crippen molar-refractivity contribution in [1.82, 2.24) is 20.2 Å². The predicted molar refractivity (Wildman–Crippen MR) is 58.8 cm³/mol. The molecule has 0 spiro atoms. The molecule has 0 aliphatic carbocycles. The number of nitrogens with one attached hydrogen (secondary N) is 2. The highest BCUT2D eigenvalue weighted by molar-refractivity contribution is 5.80. The number of nitrogens with zero attached hydrogens (tertiary/aromatic N) is 2. The summed E-state index contributed by atoms with van der Waals surface area (Å²) in [6.45, 7) is 1.83. The largest absolute Gasteiger partial charge is 0.349 e. The molecule has 1 aromatic heterocycles. The molecule has 1 amide bonds. The van der Waals surface area contributed by atoms with Crippen molar-refractivity contribution in [2.75, 3.05) is 13.1 Å². The summed E-state index contributed by atoms with van der Waals surface area (Å²) in [7, 11) is 0. The Morgan fingerprint density at radius 1 is 1.56 bits per heavy atom. The van der Waals surface area contributed by atoms with Crippen LogP contribution in [0.5, 0.6) is 0 Å². The van der Waals surface area contributed by atoms with Gasteiger partial charge in [0.15, 0.2) is 0 Å². The van der Waals surface area contributed by atoms with Gasteiger partial charge in [0.05, 0.1) is 0 Å². The number of hydrogen-bond acceptors (Lipinski definition) is 3. The van der Waals surface area contributed by atoms with Crippen molar-refractivity contribution >= 4 is 5.91 Å². The van der Waals surface area contributed by atoms with Crippen molar-refractivity contribution in [2.45, 2.75) is 31.3 Å². The van der Waals surface area contributed by atoms with E-state index in [4.69, 9.17) is 0 Å². The van der Waals surface area contributed by atoms with E-state index in [0.717, 1.165) is 31.8 Å². The summed E-state index contributed by atoms with van der Waals surface area (Å²) < 4.78 is 0. The maximum Gasteiger partial charge on any atom is 0.224 e. The quantitative estimate of drug-likeness (QED) is 0.748. The van der Waals surface area contributed by atoms with Gasteiger partial charge in [0.1, 0.15) is 5.82 Å². The highest BCUT2D eigenvalue weighted by Gasteiger charge is 2.41. The summed E-state index contributed by atoms with van der Waals surface area (Å²) >= 11 is 0. The van der Waals surface area contributed by atoms with Gasteiger partial charge in [-0.1, -0.05) is 0 Å². The number of carbonyl (C=O) groups is 1. The maximum atomic E-state index is 11.8. The van der Waals surface area contributed by atoms with Crippen LogP contribution < -0.4 is 5.32 Å². The molecular weight excluding hydrogens is 204 g/mol. The smallest absolute Gasteiger partial charge is 0.224 e. The SMILES string of the molecule is O=C1C[C@H]2NCC[C@H]2N1CCc1ncc[nH]1. The van der Waals surface area contributed by atoms with E-state index in [2.05, 4.69) is 15.3 Å². The minimum atomic E-state index is 0.286. The lowest BCUT2D eigenvalue weighted by Crippen LogP contribution is -2.37. The van der Waals surface area contributed by atoms with Crippen LogP contribution in [0.15, 0.2) is 12.4 Å². The Bertz CT molecular complexity index is 375. The van der Waals surface area contributed by atoms with Crippen LogP contribution in [0.2, 0.25) is 0 Å². The molecule has 5 heteroatoms. The number of aromatic nitrogens is 2. The molecule has 2 atom stereocenters. The van der Waals surface area contributed by atoms with E-state index in [0.29, 0.717) is 18.5 Å². The highest BCUT2D eigenvalue weighted by atomic mass is 16.2. The predicted octanol–water partition coefficient (Wildman–Crippen LogP) is -0.0850. The first-order chi connectivity index (χ1) is 7.84. The van der Waals surface area contributed by atoms with E-state index >= 15 is 0 Å². The van der Waals surface area contributed by atoms with Crippen LogP contribution in [-0.2, 0) is 11.2 Å². The Balaban J connectivity index is 1.63. The molecule has 2 saturated heterocycles. The Morgan fingerprint density at radius 2 is 2.50 bits per heavy atom. The number of hydrogen-bond donors (Lipinski definition) is 2. The Kier molecular flexibility index (Phi) is 2.40. The first-order valence-corrected chi connectivity index (χ1v) is 5.86. The van der Waals surface area contributed by atoms with Gasteiger partial charge in [0, 0.05) is 43.9 Å². The van der Waals surface area contributed by atoms with Crippen LogP contribution in [0, 0.1) is 0 Å². The fourth-order valence-electron chi connectivity index (χ4n) is 2.78. The molecule has 0 aromatic carbocycles. The average Bonchev–Trinajstić information content (AvgIpc) is 2.92. The lowest BCUT2D eigenvalue weighted by Gasteiger charge is -2.22. The molecule has 2 aliphatic heterocycles. The highest BCUT2D eigenvalue weighted by Crippen LogP contribution is 2.25. The van der Waals surface area contributed by atoms with Crippen molar-refractivity contribution < 1.29 is 4.79 Å². The van der Waals surface area contributed by atoms with E-state index in [1.165, 1.54) is 0 Å². The van der Waals surface area contributed by atoms with Gasteiger partial charge in [0.25, 0.3) is 0 Å².